The molecule has 2 aromatic carbocycles. The summed E-state index contributed by atoms with van der Waals surface area (Å²) >= 11 is 0. The third kappa shape index (κ3) is 5.30. The van der Waals surface area contributed by atoms with Crippen LogP contribution in [-0.2, 0) is 11.2 Å². The number of aromatic hydroxyl groups is 1. The number of hydrogen-bond acceptors (Lipinski definition) is 3. The van der Waals surface area contributed by atoms with E-state index in [2.05, 4.69) is 10.2 Å². The fourth-order valence-corrected chi connectivity index (χ4v) is 3.63. The normalized spacial score (nSPS) is 16.8. The second kappa shape index (κ2) is 9.00. The summed E-state index contributed by atoms with van der Waals surface area (Å²) in [6.45, 7) is 3.64. The minimum atomic E-state index is -0.411. The lowest BCUT2D eigenvalue weighted by atomic mass is 9.90. The first-order chi connectivity index (χ1) is 13.0. The molecule has 2 N–H and O–H groups in total. The summed E-state index contributed by atoms with van der Waals surface area (Å²) in [6.07, 6.45) is 4.26. The van der Waals surface area contributed by atoms with Gasteiger partial charge < -0.3 is 10.4 Å². The third-order valence-corrected chi connectivity index (χ3v) is 5.49. The zero-order valence-electron chi connectivity index (χ0n) is 15.7. The van der Waals surface area contributed by atoms with Crippen LogP contribution in [0, 0.1) is 11.7 Å². The number of halogens is 1. The Morgan fingerprint density at radius 2 is 1.85 bits per heavy atom. The fourth-order valence-electron chi connectivity index (χ4n) is 3.63. The molecular formula is C22H27FN2O2. The Balaban J connectivity index is 1.44. The van der Waals surface area contributed by atoms with Gasteiger partial charge in [0.2, 0.25) is 5.91 Å². The highest BCUT2D eigenvalue weighted by Crippen LogP contribution is 2.24. The van der Waals surface area contributed by atoms with E-state index in [1.807, 2.05) is 19.1 Å². The molecule has 1 heterocycles. The van der Waals surface area contributed by atoms with Gasteiger partial charge in [0, 0.05) is 0 Å². The van der Waals surface area contributed by atoms with Crippen molar-refractivity contribution in [3.63, 3.8) is 0 Å². The van der Waals surface area contributed by atoms with Gasteiger partial charge in [0.25, 0.3) is 0 Å². The molecule has 1 amide bonds. The second-order valence-corrected chi connectivity index (χ2v) is 7.33. The van der Waals surface area contributed by atoms with Crippen molar-refractivity contribution in [2.45, 2.75) is 38.6 Å². The molecule has 0 aromatic heterocycles. The molecule has 0 aliphatic carbocycles. The zero-order valence-corrected chi connectivity index (χ0v) is 15.7. The molecule has 144 valence electrons. The lowest BCUT2D eigenvalue weighted by molar-refractivity contribution is -0.121. The molecule has 0 unspecified atom stereocenters. The number of amides is 1. The Kier molecular flexibility index (Phi) is 6.45. The molecule has 0 bridgehead atoms. The largest absolute Gasteiger partial charge is 0.508 e. The fraction of sp³-hybridized carbons (Fsp3) is 0.409. The summed E-state index contributed by atoms with van der Waals surface area (Å²) in [5.74, 6) is 0.375. The number of carbonyl (C=O) groups is 1. The maximum Gasteiger partial charge on any atom is 0.241 e. The minimum absolute atomic E-state index is 0.164. The predicted molar refractivity (Wildman–Crippen MR) is 105 cm³/mol. The lowest BCUT2D eigenvalue weighted by Gasteiger charge is -2.35. The van der Waals surface area contributed by atoms with Crippen LogP contribution in [0.1, 0.15) is 31.7 Å². The number of aryl methyl sites for hydroxylation is 1. The smallest absolute Gasteiger partial charge is 0.241 e. The number of piperidine rings is 1. The Bertz CT molecular complexity index is 755. The van der Waals surface area contributed by atoms with Crippen molar-refractivity contribution in [1.29, 1.82) is 0 Å². The van der Waals surface area contributed by atoms with Gasteiger partial charge >= 0.3 is 0 Å². The van der Waals surface area contributed by atoms with E-state index in [0.717, 1.165) is 38.8 Å². The number of nitrogens with zero attached hydrogens (tertiary/aromatic N) is 1. The number of para-hydroxylation sites is 1. The Labute approximate surface area is 160 Å². The number of carbonyl (C=O) groups excluding carboxylic acids is 1. The summed E-state index contributed by atoms with van der Waals surface area (Å²) in [5.41, 5.74) is 1.48. The van der Waals surface area contributed by atoms with E-state index in [0.29, 0.717) is 11.7 Å². The molecule has 0 spiro atoms. The van der Waals surface area contributed by atoms with E-state index < -0.39 is 5.82 Å². The zero-order chi connectivity index (χ0) is 19.2. The molecule has 1 aliphatic rings. The number of rotatable bonds is 6. The predicted octanol–water partition coefficient (Wildman–Crippen LogP) is 4.20. The van der Waals surface area contributed by atoms with Gasteiger partial charge in [-0.05, 0) is 81.4 Å². The van der Waals surface area contributed by atoms with E-state index >= 15 is 0 Å². The Hall–Kier alpha value is -2.40. The maximum atomic E-state index is 13.7. The number of nitrogens with one attached hydrogen (secondary N) is 1. The first kappa shape index (κ1) is 19.4. The van der Waals surface area contributed by atoms with Gasteiger partial charge in [-0.1, -0.05) is 24.3 Å². The molecule has 1 saturated heterocycles. The molecule has 3 rings (SSSR count). The molecule has 4 nitrogen and oxygen atoms in total. The molecule has 0 saturated carbocycles. The van der Waals surface area contributed by atoms with Gasteiger partial charge in [-0.2, -0.15) is 0 Å². The molecule has 2 aromatic rings. The molecule has 27 heavy (non-hydrogen) atoms. The Morgan fingerprint density at radius 1 is 1.19 bits per heavy atom. The van der Waals surface area contributed by atoms with Gasteiger partial charge in [-0.3, -0.25) is 9.69 Å². The highest BCUT2D eigenvalue weighted by Gasteiger charge is 2.26. The van der Waals surface area contributed by atoms with Crippen molar-refractivity contribution in [2.75, 3.05) is 18.4 Å². The van der Waals surface area contributed by atoms with Crippen LogP contribution in [-0.4, -0.2) is 35.0 Å². The van der Waals surface area contributed by atoms with Crippen LogP contribution >= 0.6 is 0 Å². The van der Waals surface area contributed by atoms with Gasteiger partial charge in [-0.15, -0.1) is 0 Å². The monoisotopic (exact) mass is 370 g/mol. The van der Waals surface area contributed by atoms with Crippen LogP contribution in [0.15, 0.2) is 48.5 Å². The van der Waals surface area contributed by atoms with Crippen LogP contribution < -0.4 is 5.32 Å². The number of hydrogen-bond donors (Lipinski definition) is 2. The van der Waals surface area contributed by atoms with Gasteiger partial charge in [0.15, 0.2) is 0 Å². The molecular weight excluding hydrogens is 343 g/mol. The van der Waals surface area contributed by atoms with Gasteiger partial charge in [0.05, 0.1) is 11.7 Å². The number of likely N-dealkylation sites (tertiary alicyclic amines) is 1. The number of phenols is 1. The Morgan fingerprint density at radius 3 is 2.52 bits per heavy atom. The van der Waals surface area contributed by atoms with Crippen molar-refractivity contribution >= 4 is 11.6 Å². The van der Waals surface area contributed by atoms with Gasteiger partial charge in [0.1, 0.15) is 11.6 Å². The van der Waals surface area contributed by atoms with Crippen molar-refractivity contribution in [3.8, 4) is 5.75 Å². The van der Waals surface area contributed by atoms with Crippen LogP contribution in [0.25, 0.3) is 0 Å². The maximum absolute atomic E-state index is 13.7. The molecule has 1 aliphatic heterocycles. The van der Waals surface area contributed by atoms with Crippen LogP contribution in [0.4, 0.5) is 10.1 Å². The lowest BCUT2D eigenvalue weighted by Crippen LogP contribution is -2.46. The first-order valence-electron chi connectivity index (χ1n) is 9.60. The van der Waals surface area contributed by atoms with Crippen molar-refractivity contribution in [1.82, 2.24) is 4.90 Å². The van der Waals surface area contributed by atoms with E-state index in [-0.39, 0.29) is 17.6 Å². The summed E-state index contributed by atoms with van der Waals surface area (Å²) in [7, 11) is 0. The summed E-state index contributed by atoms with van der Waals surface area (Å²) < 4.78 is 13.7. The average Bonchev–Trinajstić information content (AvgIpc) is 2.69. The first-order valence-corrected chi connectivity index (χ1v) is 9.60. The summed E-state index contributed by atoms with van der Waals surface area (Å²) in [4.78, 5) is 14.6. The highest BCUT2D eigenvalue weighted by atomic mass is 19.1. The van der Waals surface area contributed by atoms with E-state index in [1.54, 1.807) is 30.3 Å². The minimum Gasteiger partial charge on any atom is -0.508 e. The topological polar surface area (TPSA) is 52.6 Å². The molecule has 1 atom stereocenters. The number of benzene rings is 2. The number of anilines is 1. The molecule has 0 radical (unpaired) electrons. The second-order valence-electron chi connectivity index (χ2n) is 7.33. The number of phenolic OH excluding ortho intramolecular Hbond substituents is 1. The van der Waals surface area contributed by atoms with Gasteiger partial charge in [-0.25, -0.2) is 4.39 Å². The molecule has 1 fully saturated rings. The quantitative estimate of drug-likeness (QED) is 0.801. The third-order valence-electron chi connectivity index (χ3n) is 5.49. The summed E-state index contributed by atoms with van der Waals surface area (Å²) in [6, 6.07) is 13.4. The standard InChI is InChI=1S/C22H27FN2O2/c1-16(22(27)24-21-5-3-2-4-20(21)23)25-14-12-18(13-15-25)7-6-17-8-10-19(26)11-9-17/h2-5,8-11,16,18,26H,6-7,12-15H2,1H3,(H,24,27)/t16-/m0/s1. The van der Waals surface area contributed by atoms with Crippen LogP contribution in [0.3, 0.4) is 0 Å². The van der Waals surface area contributed by atoms with E-state index in [1.165, 1.54) is 11.6 Å². The molecule has 5 heteroatoms. The van der Waals surface area contributed by atoms with Crippen molar-refractivity contribution < 1.29 is 14.3 Å². The van der Waals surface area contributed by atoms with E-state index in [4.69, 9.17) is 0 Å². The van der Waals surface area contributed by atoms with Crippen molar-refractivity contribution in [3.05, 3.63) is 59.9 Å². The van der Waals surface area contributed by atoms with E-state index in [9.17, 15) is 14.3 Å². The van der Waals surface area contributed by atoms with Crippen LogP contribution in [0.5, 0.6) is 5.75 Å². The average molecular weight is 370 g/mol. The van der Waals surface area contributed by atoms with Crippen LogP contribution in [0.2, 0.25) is 0 Å². The van der Waals surface area contributed by atoms with Crippen molar-refractivity contribution in [2.24, 2.45) is 5.92 Å². The SMILES string of the molecule is C[C@@H](C(=O)Nc1ccccc1F)N1CCC(CCc2ccc(O)cc2)CC1. The highest BCUT2D eigenvalue weighted by molar-refractivity contribution is 5.94. The summed E-state index contributed by atoms with van der Waals surface area (Å²) in [5, 5.41) is 12.0.